The van der Waals surface area contributed by atoms with Gasteiger partial charge in [0, 0.05) is 58.8 Å². The van der Waals surface area contributed by atoms with E-state index in [1.54, 1.807) is 24.3 Å². The van der Waals surface area contributed by atoms with E-state index in [1.807, 2.05) is 23.1 Å². The fraction of sp³-hybridized carbons (Fsp3) is 0.393. The number of nitrogens with zero attached hydrogens (tertiary/aromatic N) is 6. The number of benzene rings is 2. The normalized spacial score (nSPS) is 18.6. The van der Waals surface area contributed by atoms with Crippen molar-refractivity contribution in [3.63, 3.8) is 0 Å². The number of rotatable bonds is 4. The molecule has 0 saturated carbocycles. The van der Waals surface area contributed by atoms with E-state index in [2.05, 4.69) is 44.8 Å². The Hall–Kier alpha value is -3.48. The van der Waals surface area contributed by atoms with Gasteiger partial charge in [0.15, 0.2) is 5.82 Å². The average Bonchev–Trinajstić information content (AvgIpc) is 3.28. The van der Waals surface area contributed by atoms with Gasteiger partial charge in [-0.05, 0) is 79.6 Å². The predicted molar refractivity (Wildman–Crippen MR) is 148 cm³/mol. The molecule has 0 amide bonds. The van der Waals surface area contributed by atoms with Crippen molar-refractivity contribution >= 4 is 38.6 Å². The van der Waals surface area contributed by atoms with Crippen LogP contribution in [-0.4, -0.2) is 51.7 Å². The maximum atomic E-state index is 12.3. The summed E-state index contributed by atoms with van der Waals surface area (Å²) >= 11 is 0. The van der Waals surface area contributed by atoms with Crippen LogP contribution in [0.1, 0.15) is 46.6 Å². The Morgan fingerprint density at radius 3 is 2.86 bits per heavy atom. The van der Waals surface area contributed by atoms with Gasteiger partial charge in [0.1, 0.15) is 11.6 Å². The summed E-state index contributed by atoms with van der Waals surface area (Å²) in [4.78, 5) is 13.7. The zero-order valence-electron chi connectivity index (χ0n) is 21.5. The molecule has 8 nitrogen and oxygen atoms in total. The SMILES string of the molecule is CN1Cc2cc(Nc3ncc(C#N)c(N4CCc5c(N=S(C)(C)=O)cccc54)n3)cc3c2C(CCC3)C1. The summed E-state index contributed by atoms with van der Waals surface area (Å²) in [5, 5.41) is 13.3. The summed E-state index contributed by atoms with van der Waals surface area (Å²) in [6.45, 7) is 2.75. The van der Waals surface area contributed by atoms with E-state index in [4.69, 9.17) is 4.98 Å². The van der Waals surface area contributed by atoms with Crippen molar-refractivity contribution in [3.8, 4) is 6.07 Å². The molecular weight excluding hydrogens is 482 g/mol. The van der Waals surface area contributed by atoms with Gasteiger partial charge in [-0.1, -0.05) is 6.07 Å². The molecule has 37 heavy (non-hydrogen) atoms. The molecular formula is C28H31N7OS. The Kier molecular flexibility index (Phi) is 5.89. The summed E-state index contributed by atoms with van der Waals surface area (Å²) in [5.74, 6) is 1.67. The van der Waals surface area contributed by atoms with E-state index in [-0.39, 0.29) is 0 Å². The smallest absolute Gasteiger partial charge is 0.229 e. The lowest BCUT2D eigenvalue weighted by molar-refractivity contribution is 0.266. The predicted octanol–water partition coefficient (Wildman–Crippen LogP) is 5.01. The molecule has 2 aliphatic heterocycles. The highest BCUT2D eigenvalue weighted by molar-refractivity contribution is 7.92. The number of aromatic nitrogens is 2. The van der Waals surface area contributed by atoms with E-state index in [9.17, 15) is 9.47 Å². The van der Waals surface area contributed by atoms with Crippen LogP contribution >= 0.6 is 0 Å². The number of nitrogens with one attached hydrogen (secondary N) is 1. The monoisotopic (exact) mass is 513 g/mol. The molecule has 1 aromatic heterocycles. The molecule has 0 spiro atoms. The summed E-state index contributed by atoms with van der Waals surface area (Å²) in [6, 6.07) is 12.6. The standard InChI is InChI=1S/C28H31N7OS/c1-34-16-19-7-4-6-18-12-22(13-20(17-34)26(18)19)31-28-30-15-21(14-29)27(32-28)35-11-10-23-24(33-37(2,3)36)8-5-9-25(23)35/h5,8-9,12-13,15,19H,4,6-7,10-11,16-17H2,1-3H3,(H,30,31,32). The molecule has 3 aliphatic rings. The highest BCUT2D eigenvalue weighted by Crippen LogP contribution is 2.42. The van der Waals surface area contributed by atoms with Crippen molar-refractivity contribution in [1.82, 2.24) is 14.9 Å². The van der Waals surface area contributed by atoms with E-state index in [1.165, 1.54) is 24.0 Å². The van der Waals surface area contributed by atoms with Crippen molar-refractivity contribution in [2.75, 3.05) is 42.9 Å². The summed E-state index contributed by atoms with van der Waals surface area (Å²) in [6.07, 6.45) is 9.21. The first-order chi connectivity index (χ1) is 17.8. The molecule has 1 aliphatic carbocycles. The van der Waals surface area contributed by atoms with Crippen LogP contribution in [0.5, 0.6) is 0 Å². The first-order valence-corrected chi connectivity index (χ1v) is 15.1. The fourth-order valence-electron chi connectivity index (χ4n) is 6.12. The molecule has 2 aromatic carbocycles. The molecule has 6 rings (SSSR count). The van der Waals surface area contributed by atoms with Gasteiger partial charge in [0.25, 0.3) is 0 Å². The number of anilines is 4. The number of hydrogen-bond acceptors (Lipinski definition) is 8. The Morgan fingerprint density at radius 1 is 1.22 bits per heavy atom. The van der Waals surface area contributed by atoms with Crippen molar-refractivity contribution in [2.45, 2.75) is 38.1 Å². The Bertz CT molecular complexity index is 1560. The molecule has 1 unspecified atom stereocenters. The van der Waals surface area contributed by atoms with Crippen molar-refractivity contribution in [2.24, 2.45) is 4.36 Å². The van der Waals surface area contributed by atoms with Gasteiger partial charge in [-0.25, -0.2) is 9.19 Å². The number of hydrogen-bond donors (Lipinski definition) is 1. The maximum Gasteiger partial charge on any atom is 0.229 e. The van der Waals surface area contributed by atoms with Gasteiger partial charge < -0.3 is 15.1 Å². The molecule has 3 aromatic rings. The van der Waals surface area contributed by atoms with Crippen LogP contribution in [0.4, 0.5) is 28.8 Å². The first kappa shape index (κ1) is 23.9. The van der Waals surface area contributed by atoms with Gasteiger partial charge in [-0.15, -0.1) is 0 Å². The molecule has 9 heteroatoms. The zero-order valence-corrected chi connectivity index (χ0v) is 22.3. The second-order valence-corrected chi connectivity index (χ2v) is 13.2. The number of aryl methyl sites for hydroxylation is 1. The van der Waals surface area contributed by atoms with Gasteiger partial charge in [0.05, 0.1) is 11.9 Å². The molecule has 3 heterocycles. The summed E-state index contributed by atoms with van der Waals surface area (Å²) in [7, 11) is -0.0911. The quantitative estimate of drug-likeness (QED) is 0.524. The highest BCUT2D eigenvalue weighted by Gasteiger charge is 2.30. The second-order valence-electron chi connectivity index (χ2n) is 10.6. The van der Waals surface area contributed by atoms with Gasteiger partial charge in [-0.3, -0.25) is 0 Å². The largest absolute Gasteiger partial charge is 0.324 e. The van der Waals surface area contributed by atoms with Crippen LogP contribution in [0.25, 0.3) is 0 Å². The van der Waals surface area contributed by atoms with E-state index < -0.39 is 9.73 Å². The number of likely N-dealkylation sites (N-methyl/N-ethyl adjacent to an activating group) is 1. The fourth-order valence-corrected chi connectivity index (χ4v) is 6.76. The number of nitriles is 1. The Balaban J connectivity index is 1.36. The Morgan fingerprint density at radius 2 is 2.05 bits per heavy atom. The van der Waals surface area contributed by atoms with Crippen LogP contribution in [-0.2, 0) is 29.1 Å². The van der Waals surface area contributed by atoms with Gasteiger partial charge in [0.2, 0.25) is 5.95 Å². The minimum atomic E-state index is -2.28. The van der Waals surface area contributed by atoms with Crippen LogP contribution in [0.3, 0.4) is 0 Å². The van der Waals surface area contributed by atoms with Crippen LogP contribution in [0.15, 0.2) is 40.9 Å². The van der Waals surface area contributed by atoms with Gasteiger partial charge in [-0.2, -0.15) is 14.6 Å². The summed E-state index contributed by atoms with van der Waals surface area (Å²) in [5.41, 5.74) is 8.50. The molecule has 1 N–H and O–H groups in total. The molecule has 0 fully saturated rings. The summed E-state index contributed by atoms with van der Waals surface area (Å²) < 4.78 is 16.8. The van der Waals surface area contributed by atoms with Crippen molar-refractivity contribution in [1.29, 1.82) is 5.26 Å². The third-order valence-corrected chi connectivity index (χ3v) is 8.09. The van der Waals surface area contributed by atoms with Crippen LogP contribution in [0, 0.1) is 11.3 Å². The van der Waals surface area contributed by atoms with Crippen LogP contribution < -0.4 is 10.2 Å². The lowest BCUT2D eigenvalue weighted by Gasteiger charge is -2.37. The van der Waals surface area contributed by atoms with E-state index >= 15 is 0 Å². The lowest BCUT2D eigenvalue weighted by atomic mass is 9.77. The minimum Gasteiger partial charge on any atom is -0.324 e. The van der Waals surface area contributed by atoms with Crippen molar-refractivity contribution < 1.29 is 4.21 Å². The molecule has 1 atom stereocenters. The van der Waals surface area contributed by atoms with E-state index in [0.29, 0.717) is 29.8 Å². The van der Waals surface area contributed by atoms with E-state index in [0.717, 1.165) is 48.6 Å². The molecule has 0 radical (unpaired) electrons. The topological polar surface area (TPSA) is 97.5 Å². The minimum absolute atomic E-state index is 0.417. The lowest BCUT2D eigenvalue weighted by Crippen LogP contribution is -2.33. The zero-order chi connectivity index (χ0) is 25.7. The second kappa shape index (κ2) is 9.12. The number of fused-ring (bicyclic) bond motifs is 1. The Labute approximate surface area is 218 Å². The van der Waals surface area contributed by atoms with Gasteiger partial charge >= 0.3 is 0 Å². The van der Waals surface area contributed by atoms with Crippen molar-refractivity contribution in [3.05, 3.63) is 64.3 Å². The molecule has 190 valence electrons. The third-order valence-electron chi connectivity index (χ3n) is 7.45. The first-order valence-electron chi connectivity index (χ1n) is 12.7. The average molecular weight is 514 g/mol. The maximum absolute atomic E-state index is 12.3. The van der Waals surface area contributed by atoms with Crippen LogP contribution in [0.2, 0.25) is 0 Å². The highest BCUT2D eigenvalue weighted by atomic mass is 32.2. The molecule has 0 saturated heterocycles. The third kappa shape index (κ3) is 4.56. The molecule has 0 bridgehead atoms.